The van der Waals surface area contributed by atoms with E-state index in [0.717, 1.165) is 6.07 Å². The Kier molecular flexibility index (Phi) is 9.91. The number of nitrogens with one attached hydrogen (secondary N) is 2. The van der Waals surface area contributed by atoms with Crippen LogP contribution in [0.3, 0.4) is 0 Å². The molecule has 0 aliphatic carbocycles. The Labute approximate surface area is 226 Å². The van der Waals surface area contributed by atoms with Crippen LogP contribution in [0.5, 0.6) is 5.75 Å². The van der Waals surface area contributed by atoms with E-state index in [9.17, 15) is 57.9 Å². The molecule has 2 N–H and O–H groups in total. The van der Waals surface area contributed by atoms with Gasteiger partial charge in [-0.25, -0.2) is 9.59 Å². The van der Waals surface area contributed by atoms with Crippen LogP contribution in [0.4, 0.5) is 69.3 Å². The lowest BCUT2D eigenvalue weighted by molar-refractivity contribution is -0.392. The Morgan fingerprint density at radius 2 is 1.10 bits per heavy atom. The van der Waals surface area contributed by atoms with Crippen LogP contribution in [0.15, 0.2) is 24.0 Å². The maximum atomic E-state index is 14.4. The molecule has 234 valence electrons. The molecular weight excluding hydrogens is 593 g/mol. The zero-order chi connectivity index (χ0) is 32.6. The lowest BCUT2D eigenvalue weighted by atomic mass is 10.0. The number of hydrogen-bond acceptors (Lipinski definition) is 5. The Hall–Kier alpha value is -3.47. The molecule has 0 spiro atoms. The van der Waals surface area contributed by atoms with Gasteiger partial charge in [0.2, 0.25) is 5.83 Å². The Morgan fingerprint density at radius 1 is 0.683 bits per heavy atom. The van der Waals surface area contributed by atoms with Gasteiger partial charge in [-0.05, 0) is 60.1 Å². The van der Waals surface area contributed by atoms with Crippen LogP contribution in [0, 0.1) is 6.92 Å². The molecule has 0 saturated heterocycles. The van der Waals surface area contributed by atoms with Crippen molar-refractivity contribution in [2.45, 2.75) is 83.6 Å². The van der Waals surface area contributed by atoms with Crippen LogP contribution in [0.2, 0.25) is 0 Å². The molecule has 0 saturated carbocycles. The second kappa shape index (κ2) is 11.4. The minimum atomic E-state index is -7.53. The average Bonchev–Trinajstić information content (AvgIpc) is 2.72. The summed E-state index contributed by atoms with van der Waals surface area (Å²) in [4.78, 5) is 24.3. The maximum Gasteiger partial charge on any atom is 0.460 e. The van der Waals surface area contributed by atoms with Gasteiger partial charge < -0.3 is 14.2 Å². The van der Waals surface area contributed by atoms with Gasteiger partial charge in [0.1, 0.15) is 11.2 Å². The van der Waals surface area contributed by atoms with Gasteiger partial charge in [-0.2, -0.15) is 48.3 Å². The molecule has 0 unspecified atom stereocenters. The lowest BCUT2D eigenvalue weighted by Crippen LogP contribution is -2.61. The number of halogens is 11. The van der Waals surface area contributed by atoms with E-state index in [1.54, 1.807) is 0 Å². The highest BCUT2D eigenvalue weighted by Gasteiger charge is 2.83. The molecule has 1 rings (SSSR count). The first kappa shape index (κ1) is 35.6. The van der Waals surface area contributed by atoms with Gasteiger partial charge in [-0.3, -0.25) is 10.6 Å². The fourth-order valence-electron chi connectivity index (χ4n) is 2.61. The van der Waals surface area contributed by atoms with E-state index < -0.39 is 70.6 Å². The molecule has 2 amide bonds. The largest absolute Gasteiger partial charge is 0.460 e. The lowest BCUT2D eigenvalue weighted by Gasteiger charge is -2.32. The minimum Gasteiger partial charge on any atom is -0.444 e. The molecule has 0 fully saturated rings. The predicted octanol–water partition coefficient (Wildman–Crippen LogP) is 8.64. The second-order valence-corrected chi connectivity index (χ2v) is 10.3. The molecule has 41 heavy (non-hydrogen) atoms. The number of amides is 2. The molecule has 0 aliphatic heterocycles. The van der Waals surface area contributed by atoms with Crippen LogP contribution in [0.25, 0.3) is 0 Å². The number of allylic oxidation sites excluding steroid dienone is 1. The first-order valence-electron chi connectivity index (χ1n) is 11.1. The van der Waals surface area contributed by atoms with Crippen molar-refractivity contribution < 1.29 is 72.1 Å². The smallest absolute Gasteiger partial charge is 0.444 e. The van der Waals surface area contributed by atoms with E-state index in [-0.39, 0.29) is 11.3 Å². The van der Waals surface area contributed by atoms with Crippen molar-refractivity contribution in [3.05, 3.63) is 29.5 Å². The van der Waals surface area contributed by atoms with Crippen molar-refractivity contribution >= 4 is 23.6 Å². The molecule has 0 radical (unpaired) electrons. The topological polar surface area (TPSA) is 85.9 Å². The molecule has 0 heterocycles. The zero-order valence-electron chi connectivity index (χ0n) is 22.4. The van der Waals surface area contributed by atoms with Crippen molar-refractivity contribution in [1.29, 1.82) is 0 Å². The van der Waals surface area contributed by atoms with E-state index in [0.29, 0.717) is 6.07 Å². The number of rotatable bonds is 7. The fraction of sp³-hybridized carbons (Fsp3) is 0.565. The van der Waals surface area contributed by atoms with Gasteiger partial charge in [0.05, 0.1) is 11.4 Å². The molecule has 1 aromatic rings. The Bertz CT molecular complexity index is 1180. The fourth-order valence-corrected chi connectivity index (χ4v) is 2.61. The molecule has 18 heteroatoms. The van der Waals surface area contributed by atoms with E-state index in [2.05, 4.69) is 10.1 Å². The average molecular weight is 618 g/mol. The van der Waals surface area contributed by atoms with Crippen LogP contribution in [-0.4, -0.2) is 47.3 Å². The summed E-state index contributed by atoms with van der Waals surface area (Å²) < 4.78 is 161. The number of carbonyl (C=O) groups is 2. The summed E-state index contributed by atoms with van der Waals surface area (Å²) in [7, 11) is 0. The van der Waals surface area contributed by atoms with E-state index >= 15 is 0 Å². The minimum absolute atomic E-state index is 0.0146. The third-order valence-electron chi connectivity index (χ3n) is 4.39. The molecule has 0 atom stereocenters. The van der Waals surface area contributed by atoms with Crippen molar-refractivity contribution in [3.8, 4) is 5.75 Å². The molecule has 0 aromatic heterocycles. The highest BCUT2D eigenvalue weighted by Crippen LogP contribution is 2.56. The predicted molar refractivity (Wildman–Crippen MR) is 122 cm³/mol. The monoisotopic (exact) mass is 618 g/mol. The van der Waals surface area contributed by atoms with Crippen LogP contribution in [-0.2, 0) is 9.47 Å². The standard InChI is InChI=1S/C23H25F11N2O5/c1-10-8-12(36-17(38)41-19(5,6)7)13(9-11(10)35-16(37)40-18(2,3)4)39-15(25)14(24)20(26,27)21(28,29)22(30,31)23(32,33)34/h8-9H,1-7H3,(H,35,37)(H,36,38). The van der Waals surface area contributed by atoms with Crippen molar-refractivity contribution in [2.24, 2.45) is 0 Å². The summed E-state index contributed by atoms with van der Waals surface area (Å²) >= 11 is 0. The van der Waals surface area contributed by atoms with Crippen LogP contribution < -0.4 is 15.4 Å². The number of benzene rings is 1. The number of anilines is 2. The normalized spacial score (nSPS) is 14.2. The third-order valence-corrected chi connectivity index (χ3v) is 4.39. The highest BCUT2D eigenvalue weighted by molar-refractivity contribution is 5.91. The van der Waals surface area contributed by atoms with Crippen molar-refractivity contribution in [3.63, 3.8) is 0 Å². The van der Waals surface area contributed by atoms with E-state index in [1.165, 1.54) is 48.5 Å². The van der Waals surface area contributed by atoms with Crippen LogP contribution >= 0.6 is 0 Å². The van der Waals surface area contributed by atoms with Crippen molar-refractivity contribution in [2.75, 3.05) is 10.6 Å². The summed E-state index contributed by atoms with van der Waals surface area (Å²) in [5.74, 6) is -27.5. The quantitative estimate of drug-likeness (QED) is 0.236. The van der Waals surface area contributed by atoms with Crippen molar-refractivity contribution in [1.82, 2.24) is 0 Å². The van der Waals surface area contributed by atoms with Gasteiger partial charge >= 0.3 is 42.1 Å². The summed E-state index contributed by atoms with van der Waals surface area (Å²) in [6.07, 6.45) is -9.75. The maximum absolute atomic E-state index is 14.4. The van der Waals surface area contributed by atoms with Gasteiger partial charge in [0, 0.05) is 6.07 Å². The number of alkyl halides is 9. The number of carbonyl (C=O) groups excluding carboxylic acids is 2. The van der Waals surface area contributed by atoms with E-state index in [1.807, 2.05) is 5.32 Å². The number of hydrogen-bond donors (Lipinski definition) is 2. The highest BCUT2D eigenvalue weighted by atomic mass is 19.4. The molecular formula is C23H25F11N2O5. The summed E-state index contributed by atoms with van der Waals surface area (Å²) in [6, 6.07) is -1.98. The molecule has 0 bridgehead atoms. The molecule has 0 aliphatic rings. The number of ether oxygens (including phenoxy) is 3. The number of aryl methyl sites for hydroxylation is 1. The second-order valence-electron chi connectivity index (χ2n) is 10.3. The van der Waals surface area contributed by atoms with Gasteiger partial charge in [0.25, 0.3) is 0 Å². The SMILES string of the molecule is Cc1cc(NC(=O)OC(C)(C)C)c(OC(F)=C(F)C(F)(F)C(F)(F)C(F)(F)C(F)(F)F)cc1NC(=O)OC(C)(C)C. The zero-order valence-corrected chi connectivity index (χ0v) is 22.4. The molecule has 7 nitrogen and oxygen atoms in total. The summed E-state index contributed by atoms with van der Waals surface area (Å²) in [6.45, 7) is 9.85. The first-order chi connectivity index (χ1) is 18.0. The van der Waals surface area contributed by atoms with Gasteiger partial charge in [-0.1, -0.05) is 0 Å². The summed E-state index contributed by atoms with van der Waals surface area (Å²) in [5.41, 5.74) is -3.29. The Morgan fingerprint density at radius 3 is 1.49 bits per heavy atom. The van der Waals surface area contributed by atoms with E-state index in [4.69, 9.17) is 9.47 Å². The molecule has 1 aromatic carbocycles. The van der Waals surface area contributed by atoms with Gasteiger partial charge in [0.15, 0.2) is 5.75 Å². The first-order valence-corrected chi connectivity index (χ1v) is 11.1. The summed E-state index contributed by atoms with van der Waals surface area (Å²) in [5, 5.41) is 4.05. The van der Waals surface area contributed by atoms with Crippen LogP contribution in [0.1, 0.15) is 47.1 Å². The van der Waals surface area contributed by atoms with Gasteiger partial charge in [-0.15, -0.1) is 0 Å². The Balaban J connectivity index is 3.65. The third kappa shape index (κ3) is 8.51.